The van der Waals surface area contributed by atoms with Gasteiger partial charge in [-0.15, -0.1) is 0 Å². The number of methoxy groups -OCH3 is 1. The monoisotopic (exact) mass is 392 g/mol. The van der Waals surface area contributed by atoms with Crippen molar-refractivity contribution in [1.29, 1.82) is 0 Å². The number of aromatic nitrogens is 1. The van der Waals surface area contributed by atoms with E-state index in [1.807, 2.05) is 6.92 Å². The van der Waals surface area contributed by atoms with Gasteiger partial charge in [0.1, 0.15) is 5.75 Å². The number of aryl methyl sites for hydroxylation is 1. The van der Waals surface area contributed by atoms with Crippen molar-refractivity contribution in [1.82, 2.24) is 5.16 Å². The first-order chi connectivity index (χ1) is 12.4. The number of hydrogen-bond donors (Lipinski definition) is 1. The first-order valence-corrected chi connectivity index (χ1v) is 9.74. The van der Waals surface area contributed by atoms with Crippen LogP contribution in [-0.2, 0) is 16.4 Å². The quantitative estimate of drug-likeness (QED) is 0.710. The molecule has 8 heteroatoms. The molecule has 1 heterocycles. The van der Waals surface area contributed by atoms with Crippen molar-refractivity contribution in [2.75, 3.05) is 7.11 Å². The number of primary sulfonamides is 1. The number of nitrogens with zero attached hydrogens (tertiary/aromatic N) is 1. The molecule has 0 fully saturated rings. The molecule has 2 aromatic carbocycles. The molecule has 0 saturated heterocycles. The van der Waals surface area contributed by atoms with Gasteiger partial charge in [-0.1, -0.05) is 41.9 Å². The van der Waals surface area contributed by atoms with Crippen LogP contribution in [0.25, 0.3) is 22.5 Å². The van der Waals surface area contributed by atoms with E-state index in [2.05, 4.69) is 5.16 Å². The molecule has 0 saturated carbocycles. The van der Waals surface area contributed by atoms with Crippen molar-refractivity contribution in [3.05, 3.63) is 53.2 Å². The summed E-state index contributed by atoms with van der Waals surface area (Å²) in [7, 11) is -2.39. The molecule has 0 unspecified atom stereocenters. The van der Waals surface area contributed by atoms with E-state index in [1.54, 1.807) is 36.4 Å². The fraction of sp³-hybridized carbons (Fsp3) is 0.167. The molecule has 0 atom stereocenters. The summed E-state index contributed by atoms with van der Waals surface area (Å²) in [4.78, 5) is 0.0127. The number of benzene rings is 2. The average molecular weight is 393 g/mol. The molecule has 3 aromatic rings. The van der Waals surface area contributed by atoms with E-state index in [4.69, 9.17) is 26.0 Å². The van der Waals surface area contributed by atoms with Crippen LogP contribution in [0.3, 0.4) is 0 Å². The van der Waals surface area contributed by atoms with Crippen molar-refractivity contribution < 1.29 is 17.7 Å². The van der Waals surface area contributed by atoms with E-state index in [1.165, 1.54) is 13.2 Å². The fourth-order valence-corrected chi connectivity index (χ4v) is 3.77. The Balaban J connectivity index is 2.28. The lowest BCUT2D eigenvalue weighted by Crippen LogP contribution is -2.13. The molecule has 3 rings (SSSR count). The highest BCUT2D eigenvalue weighted by atomic mass is 35.5. The van der Waals surface area contributed by atoms with Gasteiger partial charge in [0.15, 0.2) is 5.76 Å². The average Bonchev–Trinajstić information content (AvgIpc) is 3.04. The van der Waals surface area contributed by atoms with Crippen LogP contribution in [0, 0.1) is 0 Å². The summed E-state index contributed by atoms with van der Waals surface area (Å²) in [6, 6.07) is 11.7. The SMILES string of the molecule is CCc1noc(-c2ccc(OC)c(Cl)c2)c1-c1ccccc1S(N)(=O)=O. The molecule has 0 radical (unpaired) electrons. The summed E-state index contributed by atoms with van der Waals surface area (Å²) >= 11 is 6.22. The van der Waals surface area contributed by atoms with Crippen LogP contribution in [0.5, 0.6) is 5.75 Å². The van der Waals surface area contributed by atoms with Crippen molar-refractivity contribution in [2.45, 2.75) is 18.2 Å². The molecule has 2 N–H and O–H groups in total. The molecule has 0 aliphatic heterocycles. The topological polar surface area (TPSA) is 95.4 Å². The number of ether oxygens (including phenoxy) is 1. The normalized spacial score (nSPS) is 11.5. The predicted octanol–water partition coefficient (Wildman–Crippen LogP) is 3.88. The van der Waals surface area contributed by atoms with E-state index < -0.39 is 10.0 Å². The highest BCUT2D eigenvalue weighted by Crippen LogP contribution is 2.40. The minimum atomic E-state index is -3.92. The van der Waals surface area contributed by atoms with Gasteiger partial charge in [0.05, 0.1) is 28.3 Å². The largest absolute Gasteiger partial charge is 0.495 e. The van der Waals surface area contributed by atoms with Gasteiger partial charge in [0, 0.05) is 11.1 Å². The Morgan fingerprint density at radius 3 is 2.58 bits per heavy atom. The highest BCUT2D eigenvalue weighted by molar-refractivity contribution is 7.89. The Morgan fingerprint density at radius 1 is 1.23 bits per heavy atom. The molecule has 6 nitrogen and oxygen atoms in total. The standard InChI is InChI=1S/C18H17ClN2O4S/c1-3-14-17(12-6-4-5-7-16(12)26(20,22)23)18(25-21-14)11-8-9-15(24-2)13(19)10-11/h4-10H,3H2,1-2H3,(H2,20,22,23). The molecule has 0 bridgehead atoms. The van der Waals surface area contributed by atoms with Crippen LogP contribution in [-0.4, -0.2) is 20.7 Å². The predicted molar refractivity (Wildman–Crippen MR) is 99.7 cm³/mol. The minimum Gasteiger partial charge on any atom is -0.495 e. The Labute approximate surface area is 156 Å². The maximum Gasteiger partial charge on any atom is 0.238 e. The van der Waals surface area contributed by atoms with E-state index in [0.717, 1.165) is 0 Å². The lowest BCUT2D eigenvalue weighted by atomic mass is 9.98. The first-order valence-electron chi connectivity index (χ1n) is 7.81. The number of rotatable bonds is 5. The van der Waals surface area contributed by atoms with Crippen molar-refractivity contribution >= 4 is 21.6 Å². The van der Waals surface area contributed by atoms with Crippen molar-refractivity contribution in [3.63, 3.8) is 0 Å². The van der Waals surface area contributed by atoms with Gasteiger partial charge >= 0.3 is 0 Å². The highest BCUT2D eigenvalue weighted by Gasteiger charge is 2.24. The zero-order chi connectivity index (χ0) is 18.9. The second kappa shape index (κ2) is 7.11. The molecule has 0 amide bonds. The Morgan fingerprint density at radius 2 is 1.96 bits per heavy atom. The number of hydrogen-bond acceptors (Lipinski definition) is 5. The summed E-state index contributed by atoms with van der Waals surface area (Å²) in [5.74, 6) is 0.944. The molecule has 26 heavy (non-hydrogen) atoms. The summed E-state index contributed by atoms with van der Waals surface area (Å²) in [6.45, 7) is 1.91. The second-order valence-corrected chi connectivity index (χ2v) is 7.51. The number of sulfonamides is 1. The molecule has 0 spiro atoms. The number of halogens is 1. The lowest BCUT2D eigenvalue weighted by Gasteiger charge is -2.10. The third-order valence-electron chi connectivity index (χ3n) is 3.97. The van der Waals surface area contributed by atoms with Crippen LogP contribution in [0.2, 0.25) is 5.02 Å². The summed E-state index contributed by atoms with van der Waals surface area (Å²) in [6.07, 6.45) is 0.557. The van der Waals surface area contributed by atoms with E-state index in [-0.39, 0.29) is 4.90 Å². The smallest absolute Gasteiger partial charge is 0.238 e. The van der Waals surface area contributed by atoms with Crippen LogP contribution >= 0.6 is 11.6 Å². The van der Waals surface area contributed by atoms with Crippen molar-refractivity contribution in [2.24, 2.45) is 5.14 Å². The third-order valence-corrected chi connectivity index (χ3v) is 5.24. The Kier molecular flexibility index (Phi) is 5.04. The van der Waals surface area contributed by atoms with Gasteiger partial charge in [-0.05, 0) is 30.7 Å². The van der Waals surface area contributed by atoms with Gasteiger partial charge in [-0.25, -0.2) is 13.6 Å². The number of nitrogens with two attached hydrogens (primary N) is 1. The lowest BCUT2D eigenvalue weighted by molar-refractivity contribution is 0.414. The van der Waals surface area contributed by atoms with Crippen molar-refractivity contribution in [3.8, 4) is 28.2 Å². The minimum absolute atomic E-state index is 0.0127. The summed E-state index contributed by atoms with van der Waals surface area (Å²) < 4.78 is 34.8. The molecule has 136 valence electrons. The molecule has 0 aliphatic carbocycles. The summed E-state index contributed by atoms with van der Waals surface area (Å²) in [5, 5.41) is 9.89. The molecule has 0 aliphatic rings. The molecular weight excluding hydrogens is 376 g/mol. The molecule has 1 aromatic heterocycles. The fourth-order valence-electron chi connectivity index (χ4n) is 2.77. The van der Waals surface area contributed by atoms with E-state index in [9.17, 15) is 8.42 Å². The van der Waals surface area contributed by atoms with Gasteiger partial charge in [-0.2, -0.15) is 0 Å². The molecular formula is C18H17ClN2O4S. The maximum absolute atomic E-state index is 12.0. The summed E-state index contributed by atoms with van der Waals surface area (Å²) in [5.41, 5.74) is 2.30. The van der Waals surface area contributed by atoms with Crippen LogP contribution in [0.4, 0.5) is 0 Å². The van der Waals surface area contributed by atoms with E-state index in [0.29, 0.717) is 45.3 Å². The Bertz CT molecular complexity index is 1060. The zero-order valence-electron chi connectivity index (χ0n) is 14.2. The van der Waals surface area contributed by atoms with Gasteiger partial charge in [0.2, 0.25) is 10.0 Å². The maximum atomic E-state index is 12.0. The van der Waals surface area contributed by atoms with Crippen LogP contribution < -0.4 is 9.88 Å². The Hall–Kier alpha value is -2.35. The van der Waals surface area contributed by atoms with Gasteiger partial charge in [-0.3, -0.25) is 0 Å². The van der Waals surface area contributed by atoms with Crippen LogP contribution in [0.15, 0.2) is 51.9 Å². The third kappa shape index (κ3) is 3.33. The van der Waals surface area contributed by atoms with E-state index >= 15 is 0 Å². The zero-order valence-corrected chi connectivity index (χ0v) is 15.8. The first kappa shape index (κ1) is 18.4. The van der Waals surface area contributed by atoms with Gasteiger partial charge < -0.3 is 9.26 Å². The van der Waals surface area contributed by atoms with Gasteiger partial charge in [0.25, 0.3) is 0 Å². The van der Waals surface area contributed by atoms with Crippen LogP contribution in [0.1, 0.15) is 12.6 Å². The second-order valence-electron chi connectivity index (χ2n) is 5.58.